The predicted octanol–water partition coefficient (Wildman–Crippen LogP) is 2.76. The maximum absolute atomic E-state index is 12.8. The number of carboxylic acid groups (broad SMARTS) is 1. The van der Waals surface area contributed by atoms with E-state index in [0.717, 1.165) is 5.69 Å². The molecule has 0 atom stereocenters. The summed E-state index contributed by atoms with van der Waals surface area (Å²) in [6, 6.07) is 13.3. The molecular weight excluding hydrogens is 410 g/mol. The first-order valence-corrected chi connectivity index (χ1v) is 10.1. The number of nitrogens with zero attached hydrogens (tertiary/aromatic N) is 4. The quantitative estimate of drug-likeness (QED) is 0.611. The number of methoxy groups -OCH3 is 1. The molecule has 164 valence electrons. The molecule has 3 aromatic rings. The molecule has 1 aliphatic heterocycles. The molecule has 9 heteroatoms. The summed E-state index contributed by atoms with van der Waals surface area (Å²) in [5, 5.41) is 12.3. The zero-order valence-corrected chi connectivity index (χ0v) is 17.6. The number of hydrogen-bond acceptors (Lipinski definition) is 7. The Morgan fingerprint density at radius 3 is 2.19 bits per heavy atom. The highest BCUT2D eigenvalue weighted by Crippen LogP contribution is 2.29. The van der Waals surface area contributed by atoms with Crippen LogP contribution in [0.1, 0.15) is 20.7 Å². The molecule has 0 bridgehead atoms. The highest BCUT2D eigenvalue weighted by atomic mass is 16.5. The summed E-state index contributed by atoms with van der Waals surface area (Å²) in [7, 11) is 1.56. The fourth-order valence-corrected chi connectivity index (χ4v) is 3.58. The van der Waals surface area contributed by atoms with Gasteiger partial charge >= 0.3 is 5.97 Å². The predicted molar refractivity (Wildman–Crippen MR) is 121 cm³/mol. The largest absolute Gasteiger partial charge is 0.497 e. The van der Waals surface area contributed by atoms with Gasteiger partial charge in [0.05, 0.1) is 24.0 Å². The first kappa shape index (κ1) is 21.1. The molecule has 2 heterocycles. The van der Waals surface area contributed by atoms with Crippen LogP contribution in [0.5, 0.6) is 5.75 Å². The number of carboxylic acids is 1. The number of rotatable bonds is 6. The second kappa shape index (κ2) is 9.34. The van der Waals surface area contributed by atoms with Crippen LogP contribution in [0.4, 0.5) is 17.3 Å². The zero-order valence-electron chi connectivity index (χ0n) is 17.6. The summed E-state index contributed by atoms with van der Waals surface area (Å²) in [5.41, 5.74) is 1.78. The van der Waals surface area contributed by atoms with Crippen molar-refractivity contribution in [2.45, 2.75) is 0 Å². The molecular formula is C23H23N5O4. The number of carbonyl (C=O) groups excluding carboxylic acids is 1. The molecule has 0 radical (unpaired) electrons. The maximum atomic E-state index is 12.8. The van der Waals surface area contributed by atoms with Crippen LogP contribution >= 0.6 is 0 Å². The van der Waals surface area contributed by atoms with Crippen LogP contribution in [-0.4, -0.2) is 60.2 Å². The van der Waals surface area contributed by atoms with E-state index in [4.69, 9.17) is 4.74 Å². The van der Waals surface area contributed by atoms with Gasteiger partial charge in [-0.2, -0.15) is 0 Å². The van der Waals surface area contributed by atoms with Crippen molar-refractivity contribution >= 4 is 29.2 Å². The molecule has 0 aliphatic carbocycles. The minimum absolute atomic E-state index is 0.107. The number of amides is 1. The average Bonchev–Trinajstić information content (AvgIpc) is 2.84. The number of hydrogen-bond donors (Lipinski definition) is 2. The van der Waals surface area contributed by atoms with E-state index < -0.39 is 5.97 Å². The summed E-state index contributed by atoms with van der Waals surface area (Å²) >= 11 is 0. The van der Waals surface area contributed by atoms with Crippen LogP contribution in [0.15, 0.2) is 60.9 Å². The number of aromatic nitrogens is 2. The van der Waals surface area contributed by atoms with Gasteiger partial charge in [-0.3, -0.25) is 4.79 Å². The molecule has 2 aromatic carbocycles. The van der Waals surface area contributed by atoms with E-state index >= 15 is 0 Å². The topological polar surface area (TPSA) is 108 Å². The van der Waals surface area contributed by atoms with Crippen LogP contribution in [0.3, 0.4) is 0 Å². The van der Waals surface area contributed by atoms with Crippen molar-refractivity contribution in [2.75, 3.05) is 48.4 Å². The van der Waals surface area contributed by atoms with Crippen LogP contribution in [-0.2, 0) is 0 Å². The van der Waals surface area contributed by atoms with Crippen molar-refractivity contribution in [1.29, 1.82) is 0 Å². The first-order chi connectivity index (χ1) is 15.5. The Balaban J connectivity index is 1.54. The van der Waals surface area contributed by atoms with Gasteiger partial charge in [0.15, 0.2) is 0 Å². The lowest BCUT2D eigenvalue weighted by Crippen LogP contribution is -2.47. The number of benzene rings is 2. The van der Waals surface area contributed by atoms with E-state index in [0.29, 0.717) is 49.1 Å². The van der Waals surface area contributed by atoms with Crippen molar-refractivity contribution in [2.24, 2.45) is 0 Å². The van der Waals surface area contributed by atoms with Crippen LogP contribution in [0.25, 0.3) is 0 Å². The molecule has 0 unspecified atom stereocenters. The minimum Gasteiger partial charge on any atom is -0.497 e. The van der Waals surface area contributed by atoms with Gasteiger partial charge in [0, 0.05) is 44.1 Å². The Morgan fingerprint density at radius 1 is 0.938 bits per heavy atom. The highest BCUT2D eigenvalue weighted by molar-refractivity contribution is 6.06. The Labute approximate surface area is 185 Å². The Hall–Kier alpha value is -4.14. The maximum Gasteiger partial charge on any atom is 0.335 e. The van der Waals surface area contributed by atoms with E-state index in [1.165, 1.54) is 6.07 Å². The van der Waals surface area contributed by atoms with Crippen LogP contribution in [0.2, 0.25) is 0 Å². The van der Waals surface area contributed by atoms with E-state index in [1.54, 1.807) is 62.0 Å². The SMILES string of the molecule is COc1ccc(C(=O)Nc2cc(C(=O)O)ccc2N2CCN(c3ncccn3)CC2)cc1. The molecule has 1 amide bonds. The fraction of sp³-hybridized carbons (Fsp3) is 0.217. The third kappa shape index (κ3) is 4.61. The van der Waals surface area contributed by atoms with Crippen molar-refractivity contribution in [3.8, 4) is 5.75 Å². The number of aromatic carboxylic acids is 1. The summed E-state index contributed by atoms with van der Waals surface area (Å²) < 4.78 is 5.13. The Morgan fingerprint density at radius 2 is 1.56 bits per heavy atom. The van der Waals surface area contributed by atoms with Gasteiger partial charge in [-0.1, -0.05) is 0 Å². The number of anilines is 3. The lowest BCUT2D eigenvalue weighted by molar-refractivity contribution is 0.0696. The van der Waals surface area contributed by atoms with Gasteiger partial charge in [0.1, 0.15) is 5.75 Å². The van der Waals surface area contributed by atoms with Gasteiger partial charge in [0.2, 0.25) is 5.95 Å². The molecule has 1 aromatic heterocycles. The zero-order chi connectivity index (χ0) is 22.5. The summed E-state index contributed by atoms with van der Waals surface area (Å²) in [5.74, 6) is -0.0490. The van der Waals surface area contributed by atoms with E-state index in [-0.39, 0.29) is 11.5 Å². The van der Waals surface area contributed by atoms with Crippen LogP contribution < -0.4 is 19.9 Å². The molecule has 0 saturated carbocycles. The smallest absolute Gasteiger partial charge is 0.335 e. The van der Waals surface area contributed by atoms with E-state index in [2.05, 4.69) is 25.1 Å². The Kier molecular flexibility index (Phi) is 6.16. The number of nitrogens with one attached hydrogen (secondary N) is 1. The van der Waals surface area contributed by atoms with E-state index in [1.807, 2.05) is 0 Å². The molecule has 9 nitrogen and oxygen atoms in total. The average molecular weight is 433 g/mol. The van der Waals surface area contributed by atoms with Crippen molar-refractivity contribution in [3.63, 3.8) is 0 Å². The molecule has 2 N–H and O–H groups in total. The fourth-order valence-electron chi connectivity index (χ4n) is 3.58. The summed E-state index contributed by atoms with van der Waals surface area (Å²) in [6.07, 6.45) is 3.43. The number of ether oxygens (including phenoxy) is 1. The highest BCUT2D eigenvalue weighted by Gasteiger charge is 2.22. The minimum atomic E-state index is -1.05. The number of piperazine rings is 1. The van der Waals surface area contributed by atoms with Crippen molar-refractivity contribution < 1.29 is 19.4 Å². The first-order valence-electron chi connectivity index (χ1n) is 10.1. The van der Waals surface area contributed by atoms with Crippen molar-refractivity contribution in [3.05, 3.63) is 72.1 Å². The van der Waals surface area contributed by atoms with Gasteiger partial charge in [-0.05, 0) is 48.5 Å². The molecule has 0 spiro atoms. The van der Waals surface area contributed by atoms with Gasteiger partial charge in [-0.15, -0.1) is 0 Å². The molecule has 1 saturated heterocycles. The monoisotopic (exact) mass is 433 g/mol. The van der Waals surface area contributed by atoms with Gasteiger partial charge in [0.25, 0.3) is 5.91 Å². The third-order valence-corrected chi connectivity index (χ3v) is 5.30. The standard InChI is InChI=1S/C23H23N5O4/c1-32-18-6-3-16(4-7-18)21(29)26-19-15-17(22(30)31)5-8-20(19)27-11-13-28(14-12-27)23-24-9-2-10-25-23/h2-10,15H,11-14H2,1H3,(H,26,29)(H,30,31). The van der Waals surface area contributed by atoms with Gasteiger partial charge < -0.3 is 25.0 Å². The molecule has 1 aliphatic rings. The van der Waals surface area contributed by atoms with Crippen LogP contribution in [0, 0.1) is 0 Å². The Bertz CT molecular complexity index is 1100. The normalized spacial score (nSPS) is 13.5. The van der Waals surface area contributed by atoms with E-state index in [9.17, 15) is 14.7 Å². The van der Waals surface area contributed by atoms with Gasteiger partial charge in [-0.25, -0.2) is 14.8 Å². The second-order valence-corrected chi connectivity index (χ2v) is 7.24. The number of carbonyl (C=O) groups is 2. The summed E-state index contributed by atoms with van der Waals surface area (Å²) in [4.78, 5) is 37.1. The lowest BCUT2D eigenvalue weighted by atomic mass is 10.1. The molecule has 1 fully saturated rings. The van der Waals surface area contributed by atoms with Crippen molar-refractivity contribution in [1.82, 2.24) is 9.97 Å². The second-order valence-electron chi connectivity index (χ2n) is 7.24. The molecule has 4 rings (SSSR count). The lowest BCUT2D eigenvalue weighted by Gasteiger charge is -2.37. The summed E-state index contributed by atoms with van der Waals surface area (Å²) in [6.45, 7) is 2.76. The third-order valence-electron chi connectivity index (χ3n) is 5.30. The molecule has 32 heavy (non-hydrogen) atoms.